The van der Waals surface area contributed by atoms with Crippen LogP contribution in [0.5, 0.6) is 11.5 Å². The van der Waals surface area contributed by atoms with Crippen LogP contribution in [0.2, 0.25) is 0 Å². The average molecular weight is 414 g/mol. The van der Waals surface area contributed by atoms with Gasteiger partial charge in [0, 0.05) is 11.6 Å². The van der Waals surface area contributed by atoms with Crippen molar-refractivity contribution in [3.63, 3.8) is 0 Å². The molecule has 30 heavy (non-hydrogen) atoms. The first kappa shape index (κ1) is 21.0. The maximum absolute atomic E-state index is 12.8. The first-order valence-electron chi connectivity index (χ1n) is 9.04. The Kier molecular flexibility index (Phi) is 7.09. The molecule has 1 heterocycles. The molecule has 1 aromatic heterocycles. The Balaban J connectivity index is 1.78. The predicted molar refractivity (Wildman–Crippen MR) is 106 cm³/mol. The lowest BCUT2D eigenvalue weighted by Crippen LogP contribution is -2.30. The number of ether oxygens (including phenoxy) is 2. The first-order valence-corrected chi connectivity index (χ1v) is 9.04. The number of methoxy groups -OCH3 is 1. The van der Waals surface area contributed by atoms with Gasteiger partial charge in [0.15, 0.2) is 11.5 Å². The van der Waals surface area contributed by atoms with Crippen molar-refractivity contribution in [2.24, 2.45) is 0 Å². The topological polar surface area (TPSA) is 78.3 Å². The second-order valence-corrected chi connectivity index (χ2v) is 6.18. The van der Waals surface area contributed by atoms with E-state index in [1.54, 1.807) is 23.1 Å². The van der Waals surface area contributed by atoms with Crippen LogP contribution in [0.25, 0.3) is 6.08 Å². The lowest BCUT2D eigenvalue weighted by atomic mass is 10.1. The van der Waals surface area contributed by atoms with Crippen molar-refractivity contribution in [3.05, 3.63) is 78.4 Å². The van der Waals surface area contributed by atoms with E-state index in [2.05, 4.69) is 20.1 Å². The minimum Gasteiger partial charge on any atom is -0.493 e. The molecule has 0 fully saturated rings. The fraction of sp³-hybridized carbons (Fsp3) is 0.190. The summed E-state index contributed by atoms with van der Waals surface area (Å²) in [7, 11) is 1.35. The van der Waals surface area contributed by atoms with Crippen molar-refractivity contribution < 1.29 is 23.0 Å². The molecule has 0 bridgehead atoms. The highest BCUT2D eigenvalue weighted by Crippen LogP contribution is 2.33. The van der Waals surface area contributed by atoms with E-state index in [-0.39, 0.29) is 23.1 Å². The number of benzene rings is 2. The summed E-state index contributed by atoms with van der Waals surface area (Å²) in [5.41, 5.74) is 1.18. The number of carbonyl (C=O) groups is 1. The lowest BCUT2D eigenvalue weighted by molar-refractivity contribution is -0.117. The summed E-state index contributed by atoms with van der Waals surface area (Å²) in [6.45, 7) is -2.64. The Morgan fingerprint density at radius 1 is 1.20 bits per heavy atom. The third-order valence-corrected chi connectivity index (χ3v) is 4.21. The van der Waals surface area contributed by atoms with Crippen molar-refractivity contribution in [3.8, 4) is 11.5 Å². The SMILES string of the molecule is COc1cccc(/C=C/C(=O)NC(Cn2cncn2)c2ccccc2)c1OC(F)F. The van der Waals surface area contributed by atoms with Gasteiger partial charge in [-0.3, -0.25) is 9.48 Å². The van der Waals surface area contributed by atoms with Gasteiger partial charge in [-0.1, -0.05) is 42.5 Å². The summed E-state index contributed by atoms with van der Waals surface area (Å²) in [4.78, 5) is 16.5. The Labute approximate surface area is 172 Å². The van der Waals surface area contributed by atoms with Gasteiger partial charge in [0.25, 0.3) is 0 Å². The highest BCUT2D eigenvalue weighted by molar-refractivity contribution is 5.92. The lowest BCUT2D eigenvalue weighted by Gasteiger charge is -2.18. The van der Waals surface area contributed by atoms with E-state index >= 15 is 0 Å². The Morgan fingerprint density at radius 2 is 2.00 bits per heavy atom. The van der Waals surface area contributed by atoms with Gasteiger partial charge in [0.2, 0.25) is 5.91 Å². The first-order chi connectivity index (χ1) is 14.6. The normalized spacial score (nSPS) is 12.1. The number of nitrogens with zero attached hydrogens (tertiary/aromatic N) is 3. The van der Waals surface area contributed by atoms with Crippen LogP contribution in [0.3, 0.4) is 0 Å². The summed E-state index contributed by atoms with van der Waals surface area (Å²) >= 11 is 0. The fourth-order valence-corrected chi connectivity index (χ4v) is 2.86. The number of nitrogens with one attached hydrogen (secondary N) is 1. The zero-order chi connectivity index (χ0) is 21.3. The second kappa shape index (κ2) is 10.1. The molecule has 1 amide bonds. The molecule has 9 heteroatoms. The number of amides is 1. The highest BCUT2D eigenvalue weighted by atomic mass is 19.3. The molecule has 3 aromatic rings. The molecule has 3 rings (SSSR count). The monoisotopic (exact) mass is 414 g/mol. The number of hydrogen-bond acceptors (Lipinski definition) is 5. The van der Waals surface area contributed by atoms with E-state index in [9.17, 15) is 13.6 Å². The molecule has 0 aliphatic heterocycles. The maximum atomic E-state index is 12.8. The van der Waals surface area contributed by atoms with Crippen LogP contribution < -0.4 is 14.8 Å². The number of aromatic nitrogens is 3. The molecule has 0 saturated carbocycles. The minimum absolute atomic E-state index is 0.138. The number of para-hydroxylation sites is 1. The summed E-state index contributed by atoms with van der Waals surface area (Å²) in [6, 6.07) is 13.7. The van der Waals surface area contributed by atoms with Crippen LogP contribution in [-0.4, -0.2) is 34.4 Å². The van der Waals surface area contributed by atoms with Gasteiger partial charge < -0.3 is 14.8 Å². The van der Waals surface area contributed by atoms with Crippen LogP contribution in [0.15, 0.2) is 67.3 Å². The van der Waals surface area contributed by atoms with Gasteiger partial charge in [-0.25, -0.2) is 4.98 Å². The Morgan fingerprint density at radius 3 is 2.67 bits per heavy atom. The molecule has 1 N–H and O–H groups in total. The van der Waals surface area contributed by atoms with Crippen molar-refractivity contribution in [1.29, 1.82) is 0 Å². The summed E-state index contributed by atoms with van der Waals surface area (Å²) in [5.74, 6) is -0.401. The van der Waals surface area contributed by atoms with Gasteiger partial charge in [-0.05, 0) is 17.7 Å². The zero-order valence-electron chi connectivity index (χ0n) is 16.1. The molecular weight excluding hydrogens is 394 g/mol. The van der Waals surface area contributed by atoms with Crippen LogP contribution >= 0.6 is 0 Å². The third-order valence-electron chi connectivity index (χ3n) is 4.21. The van der Waals surface area contributed by atoms with E-state index < -0.39 is 12.5 Å². The smallest absolute Gasteiger partial charge is 0.387 e. The number of halogens is 2. The summed E-state index contributed by atoms with van der Waals surface area (Å²) < 4.78 is 36.8. The highest BCUT2D eigenvalue weighted by Gasteiger charge is 2.16. The van der Waals surface area contributed by atoms with Crippen molar-refractivity contribution in [2.75, 3.05) is 7.11 Å². The molecular formula is C21H20F2N4O3. The molecule has 2 aromatic carbocycles. The van der Waals surface area contributed by atoms with E-state index in [1.165, 1.54) is 31.7 Å². The summed E-state index contributed by atoms with van der Waals surface area (Å²) in [6.07, 6.45) is 5.62. The van der Waals surface area contributed by atoms with E-state index in [4.69, 9.17) is 4.74 Å². The molecule has 156 valence electrons. The van der Waals surface area contributed by atoms with Crippen LogP contribution in [0.4, 0.5) is 8.78 Å². The Hall–Kier alpha value is -3.75. The average Bonchev–Trinajstić information content (AvgIpc) is 3.26. The molecule has 0 saturated heterocycles. The molecule has 0 spiro atoms. The quantitative estimate of drug-likeness (QED) is 0.543. The largest absolute Gasteiger partial charge is 0.493 e. The second-order valence-electron chi connectivity index (χ2n) is 6.18. The van der Waals surface area contributed by atoms with E-state index in [0.29, 0.717) is 6.54 Å². The standard InChI is InChI=1S/C21H20F2N4O3/c1-29-18-9-5-8-16(20(18)30-21(22)23)10-11-19(28)26-17(12-27-14-24-13-25-27)15-6-3-2-4-7-15/h2-11,13-14,17,21H,12H2,1H3,(H,26,28)/b11-10+. The zero-order valence-corrected chi connectivity index (χ0v) is 16.1. The van der Waals surface area contributed by atoms with Crippen molar-refractivity contribution in [2.45, 2.75) is 19.2 Å². The number of hydrogen-bond donors (Lipinski definition) is 1. The predicted octanol–water partition coefficient (Wildman–Crippen LogP) is 3.46. The van der Waals surface area contributed by atoms with E-state index in [0.717, 1.165) is 5.56 Å². The van der Waals surface area contributed by atoms with Gasteiger partial charge in [-0.15, -0.1) is 0 Å². The van der Waals surface area contributed by atoms with Gasteiger partial charge >= 0.3 is 6.61 Å². The molecule has 0 aliphatic rings. The van der Waals surface area contributed by atoms with Crippen LogP contribution in [0.1, 0.15) is 17.2 Å². The van der Waals surface area contributed by atoms with Gasteiger partial charge in [0.05, 0.1) is 19.7 Å². The molecule has 0 aliphatic carbocycles. The maximum Gasteiger partial charge on any atom is 0.387 e. The number of carbonyl (C=O) groups excluding carboxylic acids is 1. The van der Waals surface area contributed by atoms with Gasteiger partial charge in [-0.2, -0.15) is 13.9 Å². The van der Waals surface area contributed by atoms with Crippen molar-refractivity contribution >= 4 is 12.0 Å². The fourth-order valence-electron chi connectivity index (χ4n) is 2.86. The summed E-state index contributed by atoms with van der Waals surface area (Å²) in [5, 5.41) is 6.97. The Bertz CT molecular complexity index is 979. The number of alkyl halides is 2. The molecule has 0 radical (unpaired) electrons. The van der Waals surface area contributed by atoms with Gasteiger partial charge in [0.1, 0.15) is 12.7 Å². The molecule has 1 atom stereocenters. The third kappa shape index (κ3) is 5.63. The molecule has 7 nitrogen and oxygen atoms in total. The minimum atomic E-state index is -3.02. The van der Waals surface area contributed by atoms with Crippen molar-refractivity contribution in [1.82, 2.24) is 20.1 Å². The number of rotatable bonds is 9. The van der Waals surface area contributed by atoms with Crippen LogP contribution in [-0.2, 0) is 11.3 Å². The van der Waals surface area contributed by atoms with E-state index in [1.807, 2.05) is 30.3 Å². The molecule has 1 unspecified atom stereocenters. The van der Waals surface area contributed by atoms with Crippen LogP contribution in [0, 0.1) is 0 Å².